The van der Waals surface area contributed by atoms with E-state index < -0.39 is 6.11 Å². The van der Waals surface area contributed by atoms with Crippen molar-refractivity contribution in [3.8, 4) is 22.9 Å². The zero-order valence-corrected chi connectivity index (χ0v) is 16.7. The van der Waals surface area contributed by atoms with E-state index in [2.05, 4.69) is 19.6 Å². The average molecular weight is 403 g/mol. The molecule has 0 bridgehead atoms. The number of ether oxygens (including phenoxy) is 2. The van der Waals surface area contributed by atoms with Crippen molar-refractivity contribution < 1.29 is 18.3 Å². The lowest BCUT2D eigenvalue weighted by Gasteiger charge is -2.35. The molecule has 0 amide bonds. The number of rotatable bonds is 6. The molecule has 1 saturated heterocycles. The van der Waals surface area contributed by atoms with Crippen LogP contribution in [-0.4, -0.2) is 46.2 Å². The van der Waals surface area contributed by atoms with Crippen LogP contribution < -0.4 is 9.47 Å². The fourth-order valence-electron chi connectivity index (χ4n) is 4.23. The molecule has 156 valence electrons. The average Bonchev–Trinajstić information content (AvgIpc) is 3.24. The molecule has 5 nitrogen and oxygen atoms in total. The molecule has 7 heteroatoms. The Kier molecular flexibility index (Phi) is 5.94. The van der Waals surface area contributed by atoms with Gasteiger partial charge in [-0.2, -0.15) is 8.78 Å². The molecule has 1 aromatic heterocycles. The molecular formula is C22H27F2N3O2. The zero-order valence-electron chi connectivity index (χ0n) is 16.7. The van der Waals surface area contributed by atoms with Crippen LogP contribution in [0.25, 0.3) is 11.1 Å². The number of benzene rings is 1. The van der Waals surface area contributed by atoms with Crippen molar-refractivity contribution in [2.24, 2.45) is 0 Å². The largest absolute Gasteiger partial charge is 0.460 e. The van der Waals surface area contributed by atoms with Crippen molar-refractivity contribution in [1.82, 2.24) is 14.9 Å². The molecule has 4 rings (SSSR count). The third kappa shape index (κ3) is 5.41. The number of likely N-dealkylation sites (tertiary alicyclic amines) is 1. The Morgan fingerprint density at radius 2 is 1.55 bits per heavy atom. The van der Waals surface area contributed by atoms with Crippen molar-refractivity contribution >= 4 is 0 Å². The van der Waals surface area contributed by atoms with Gasteiger partial charge in [0.15, 0.2) is 0 Å². The second-order valence-electron chi connectivity index (χ2n) is 7.98. The summed E-state index contributed by atoms with van der Waals surface area (Å²) in [4.78, 5) is 11.3. The highest BCUT2D eigenvalue weighted by atomic mass is 19.3. The van der Waals surface area contributed by atoms with Gasteiger partial charge < -0.3 is 14.4 Å². The molecule has 0 unspecified atom stereocenters. The molecule has 1 aliphatic carbocycles. The van der Waals surface area contributed by atoms with Gasteiger partial charge in [-0.3, -0.25) is 0 Å². The first kappa shape index (κ1) is 20.0. The van der Waals surface area contributed by atoms with Crippen LogP contribution in [-0.2, 0) is 0 Å². The Hall–Kier alpha value is -2.28. The fourth-order valence-corrected chi connectivity index (χ4v) is 4.23. The van der Waals surface area contributed by atoms with E-state index in [1.54, 1.807) is 24.5 Å². The van der Waals surface area contributed by atoms with Crippen molar-refractivity contribution in [3.63, 3.8) is 0 Å². The van der Waals surface area contributed by atoms with E-state index in [9.17, 15) is 8.78 Å². The summed E-state index contributed by atoms with van der Waals surface area (Å²) in [6.07, 6.45) is 7.76. The Bertz CT molecular complexity index is 779. The Morgan fingerprint density at radius 1 is 0.931 bits per heavy atom. The second kappa shape index (κ2) is 8.61. The molecule has 0 atom stereocenters. The monoisotopic (exact) mass is 403 g/mol. The highest BCUT2D eigenvalue weighted by Crippen LogP contribution is 2.28. The van der Waals surface area contributed by atoms with Gasteiger partial charge in [0, 0.05) is 44.0 Å². The van der Waals surface area contributed by atoms with Crippen molar-refractivity contribution in [1.29, 1.82) is 0 Å². The van der Waals surface area contributed by atoms with E-state index >= 15 is 0 Å². The first-order valence-corrected chi connectivity index (χ1v) is 10.4. The van der Waals surface area contributed by atoms with E-state index in [4.69, 9.17) is 4.74 Å². The predicted octanol–water partition coefficient (Wildman–Crippen LogP) is 4.92. The van der Waals surface area contributed by atoms with Gasteiger partial charge in [-0.25, -0.2) is 9.97 Å². The number of piperidine rings is 1. The maximum absolute atomic E-state index is 12.9. The molecule has 0 spiro atoms. The van der Waals surface area contributed by atoms with Gasteiger partial charge in [0.05, 0.1) is 0 Å². The molecule has 1 aliphatic heterocycles. The summed E-state index contributed by atoms with van der Waals surface area (Å²) in [5.74, 6) is 0.117. The molecule has 1 saturated carbocycles. The van der Waals surface area contributed by atoms with Crippen molar-refractivity contribution in [2.75, 3.05) is 13.1 Å². The standard InChI is InChI=1S/C22H27F2N3O2/c1-22(23,24)29-20-8-6-16(7-9-20)17-14-25-21(26-15-17)28-19-10-12-27(13-11-19)18-4-2-3-5-18/h6-9,14-15,18-19H,2-5,10-13H2,1H3. The van der Waals surface area contributed by atoms with Gasteiger partial charge in [0.1, 0.15) is 11.9 Å². The minimum absolute atomic E-state index is 0.117. The van der Waals surface area contributed by atoms with E-state index in [1.165, 1.54) is 37.8 Å². The Balaban J connectivity index is 1.30. The maximum Gasteiger partial charge on any atom is 0.394 e. The van der Waals surface area contributed by atoms with Gasteiger partial charge in [-0.1, -0.05) is 25.0 Å². The number of hydrogen-bond donors (Lipinski definition) is 0. The van der Waals surface area contributed by atoms with Crippen LogP contribution in [0.1, 0.15) is 45.4 Å². The third-order valence-electron chi connectivity index (χ3n) is 5.70. The van der Waals surface area contributed by atoms with E-state index in [-0.39, 0.29) is 11.9 Å². The van der Waals surface area contributed by atoms with Crippen LogP contribution >= 0.6 is 0 Å². The molecule has 0 radical (unpaired) electrons. The minimum atomic E-state index is -3.20. The molecule has 2 aliphatic rings. The SMILES string of the molecule is CC(F)(F)Oc1ccc(-c2cnc(OC3CCN(C4CCCC4)CC3)nc2)cc1. The van der Waals surface area contributed by atoms with Gasteiger partial charge in [0.2, 0.25) is 0 Å². The van der Waals surface area contributed by atoms with E-state index in [0.29, 0.717) is 12.9 Å². The van der Waals surface area contributed by atoms with Crippen LogP contribution in [0.2, 0.25) is 0 Å². The van der Waals surface area contributed by atoms with Crippen LogP contribution in [0, 0.1) is 0 Å². The second-order valence-corrected chi connectivity index (χ2v) is 7.98. The topological polar surface area (TPSA) is 47.5 Å². The first-order chi connectivity index (χ1) is 14.0. The molecule has 2 fully saturated rings. The van der Waals surface area contributed by atoms with Crippen LogP contribution in [0.5, 0.6) is 11.8 Å². The predicted molar refractivity (Wildman–Crippen MR) is 106 cm³/mol. The summed E-state index contributed by atoms with van der Waals surface area (Å²) < 4.78 is 36.3. The van der Waals surface area contributed by atoms with Gasteiger partial charge in [-0.05, 0) is 43.4 Å². The Labute approximate surface area is 170 Å². The van der Waals surface area contributed by atoms with Crippen LogP contribution in [0.15, 0.2) is 36.7 Å². The summed E-state index contributed by atoms with van der Waals surface area (Å²) in [6, 6.07) is 7.59. The molecule has 2 heterocycles. The number of hydrogen-bond acceptors (Lipinski definition) is 5. The Morgan fingerprint density at radius 3 is 2.14 bits per heavy atom. The highest BCUT2D eigenvalue weighted by molar-refractivity contribution is 5.62. The van der Waals surface area contributed by atoms with Gasteiger partial charge in [-0.15, -0.1) is 0 Å². The third-order valence-corrected chi connectivity index (χ3v) is 5.70. The van der Waals surface area contributed by atoms with Gasteiger partial charge >= 0.3 is 12.1 Å². The first-order valence-electron chi connectivity index (χ1n) is 10.4. The lowest BCUT2D eigenvalue weighted by atomic mass is 10.0. The molecule has 1 aromatic carbocycles. The molecule has 2 aromatic rings. The highest BCUT2D eigenvalue weighted by Gasteiger charge is 2.28. The van der Waals surface area contributed by atoms with Gasteiger partial charge in [0.25, 0.3) is 0 Å². The normalized spacial score (nSPS) is 19.4. The number of aromatic nitrogens is 2. The quantitative estimate of drug-likeness (QED) is 0.685. The van der Waals surface area contributed by atoms with E-state index in [1.807, 2.05) is 0 Å². The molecule has 0 N–H and O–H groups in total. The lowest BCUT2D eigenvalue weighted by molar-refractivity contribution is -0.158. The number of nitrogens with zero attached hydrogens (tertiary/aromatic N) is 3. The fraction of sp³-hybridized carbons (Fsp3) is 0.545. The molecule has 29 heavy (non-hydrogen) atoms. The summed E-state index contributed by atoms with van der Waals surface area (Å²) in [5.41, 5.74) is 1.62. The van der Waals surface area contributed by atoms with E-state index in [0.717, 1.165) is 43.1 Å². The summed E-state index contributed by atoms with van der Waals surface area (Å²) in [5, 5.41) is 0. The molecular weight excluding hydrogens is 376 g/mol. The maximum atomic E-state index is 12.9. The zero-order chi connectivity index (χ0) is 20.3. The summed E-state index contributed by atoms with van der Waals surface area (Å²) in [7, 11) is 0. The summed E-state index contributed by atoms with van der Waals surface area (Å²) >= 11 is 0. The smallest absolute Gasteiger partial charge is 0.394 e. The van der Waals surface area contributed by atoms with Crippen LogP contribution in [0.3, 0.4) is 0 Å². The van der Waals surface area contributed by atoms with Crippen molar-refractivity contribution in [2.45, 2.75) is 63.7 Å². The lowest BCUT2D eigenvalue weighted by Crippen LogP contribution is -2.43. The van der Waals surface area contributed by atoms with Crippen molar-refractivity contribution in [3.05, 3.63) is 36.7 Å². The minimum Gasteiger partial charge on any atom is -0.460 e. The van der Waals surface area contributed by atoms with Crippen LogP contribution in [0.4, 0.5) is 8.78 Å². The number of alkyl halides is 2. The summed E-state index contributed by atoms with van der Waals surface area (Å²) in [6.45, 7) is 2.88. The number of halogens is 2.